The molecule has 1 aromatic rings. The van der Waals surface area contributed by atoms with E-state index in [-0.39, 0.29) is 10.8 Å². The molecule has 0 radical (unpaired) electrons. The molecule has 2 aliphatic rings. The van der Waals surface area contributed by atoms with Gasteiger partial charge in [-0.05, 0) is 74.9 Å². The lowest BCUT2D eigenvalue weighted by molar-refractivity contribution is 0.0622. The molecule has 2 saturated heterocycles. The van der Waals surface area contributed by atoms with Crippen molar-refractivity contribution in [3.8, 4) is 0 Å². The van der Waals surface area contributed by atoms with Gasteiger partial charge in [-0.1, -0.05) is 6.92 Å². The number of hydrogen-bond acceptors (Lipinski definition) is 4. The van der Waals surface area contributed by atoms with Crippen LogP contribution in [-0.4, -0.2) is 63.1 Å². The molecule has 144 valence electrons. The normalized spacial score (nSPS) is 23.2. The Morgan fingerprint density at radius 3 is 2.35 bits per heavy atom. The Bertz CT molecular complexity index is 722. The van der Waals surface area contributed by atoms with Gasteiger partial charge in [0.1, 0.15) is 0 Å². The van der Waals surface area contributed by atoms with Gasteiger partial charge in [-0.3, -0.25) is 4.79 Å². The molecule has 0 aromatic heterocycles. The van der Waals surface area contributed by atoms with Crippen LogP contribution in [0.2, 0.25) is 0 Å². The van der Waals surface area contributed by atoms with E-state index in [1.165, 1.54) is 50.7 Å². The average molecular weight is 379 g/mol. The summed E-state index contributed by atoms with van der Waals surface area (Å²) in [5.74, 6) is 1.39. The minimum absolute atomic E-state index is 0.0158. The molecule has 0 bridgehead atoms. The van der Waals surface area contributed by atoms with Gasteiger partial charge in [0.25, 0.3) is 5.91 Å². The van der Waals surface area contributed by atoms with Crippen LogP contribution in [0.4, 0.5) is 0 Å². The smallest absolute Gasteiger partial charge is 0.253 e. The SMILES string of the molecule is CC1CCN(CC2CCCN(C(=O)c3ccc(S(C)(=O)=O)cc3)C2)CC1. The maximum atomic E-state index is 12.8. The van der Waals surface area contributed by atoms with Crippen LogP contribution < -0.4 is 0 Å². The number of sulfone groups is 1. The van der Waals surface area contributed by atoms with Gasteiger partial charge in [0.05, 0.1) is 4.90 Å². The van der Waals surface area contributed by atoms with Crippen molar-refractivity contribution in [1.29, 1.82) is 0 Å². The van der Waals surface area contributed by atoms with Gasteiger partial charge in [-0.25, -0.2) is 8.42 Å². The third kappa shape index (κ3) is 4.86. The molecule has 0 spiro atoms. The van der Waals surface area contributed by atoms with Crippen LogP contribution in [0, 0.1) is 11.8 Å². The van der Waals surface area contributed by atoms with Crippen LogP contribution in [0.3, 0.4) is 0 Å². The molecule has 0 aliphatic carbocycles. The first-order valence-electron chi connectivity index (χ1n) is 9.64. The average Bonchev–Trinajstić information content (AvgIpc) is 2.63. The van der Waals surface area contributed by atoms with Crippen molar-refractivity contribution in [2.24, 2.45) is 11.8 Å². The Hall–Kier alpha value is -1.40. The van der Waals surface area contributed by atoms with Gasteiger partial charge in [-0.2, -0.15) is 0 Å². The van der Waals surface area contributed by atoms with Gasteiger partial charge in [0, 0.05) is 31.5 Å². The number of carbonyl (C=O) groups excluding carboxylic acids is 1. The number of rotatable bonds is 4. The van der Waals surface area contributed by atoms with Crippen molar-refractivity contribution in [2.75, 3.05) is 39.0 Å². The van der Waals surface area contributed by atoms with Gasteiger partial charge in [-0.15, -0.1) is 0 Å². The zero-order valence-electron chi connectivity index (χ0n) is 15.9. The van der Waals surface area contributed by atoms with Crippen molar-refractivity contribution in [3.63, 3.8) is 0 Å². The van der Waals surface area contributed by atoms with Crippen molar-refractivity contribution >= 4 is 15.7 Å². The number of benzene rings is 1. The molecule has 6 heteroatoms. The van der Waals surface area contributed by atoms with Crippen LogP contribution in [0.15, 0.2) is 29.2 Å². The molecule has 2 aliphatic heterocycles. The Morgan fingerprint density at radius 2 is 1.73 bits per heavy atom. The Kier molecular flexibility index (Phi) is 6.03. The number of amides is 1. The third-order valence-electron chi connectivity index (χ3n) is 5.73. The fraction of sp³-hybridized carbons (Fsp3) is 0.650. The number of piperidine rings is 2. The molecule has 2 fully saturated rings. The molecule has 1 unspecified atom stereocenters. The standard InChI is InChI=1S/C20H30N2O3S/c1-16-9-12-21(13-10-16)14-17-4-3-11-22(15-17)20(23)18-5-7-19(8-6-18)26(2,24)25/h5-8,16-17H,3-4,9-15H2,1-2H3. The quantitative estimate of drug-likeness (QED) is 0.808. The Balaban J connectivity index is 1.59. The summed E-state index contributed by atoms with van der Waals surface area (Å²) in [5.41, 5.74) is 0.574. The first kappa shape index (κ1) is 19.4. The second-order valence-electron chi connectivity index (χ2n) is 8.04. The van der Waals surface area contributed by atoms with Gasteiger partial charge < -0.3 is 9.80 Å². The van der Waals surface area contributed by atoms with Gasteiger partial charge in [0.2, 0.25) is 0 Å². The molecular weight excluding hydrogens is 348 g/mol. The monoisotopic (exact) mass is 378 g/mol. The van der Waals surface area contributed by atoms with Crippen LogP contribution in [0.1, 0.15) is 43.0 Å². The van der Waals surface area contributed by atoms with Crippen molar-refractivity contribution < 1.29 is 13.2 Å². The summed E-state index contributed by atoms with van der Waals surface area (Å²) in [7, 11) is -3.23. The molecule has 0 saturated carbocycles. The highest BCUT2D eigenvalue weighted by molar-refractivity contribution is 7.90. The van der Waals surface area contributed by atoms with E-state index in [4.69, 9.17) is 0 Å². The fourth-order valence-corrected chi connectivity index (χ4v) is 4.67. The Labute approximate surface area is 157 Å². The minimum atomic E-state index is -3.23. The van der Waals surface area contributed by atoms with E-state index < -0.39 is 9.84 Å². The van der Waals surface area contributed by atoms with Crippen molar-refractivity contribution in [3.05, 3.63) is 29.8 Å². The van der Waals surface area contributed by atoms with E-state index in [1.807, 2.05) is 4.90 Å². The lowest BCUT2D eigenvalue weighted by atomic mass is 9.94. The van der Waals surface area contributed by atoms with Crippen LogP contribution in [-0.2, 0) is 9.84 Å². The summed E-state index contributed by atoms with van der Waals surface area (Å²) < 4.78 is 23.1. The molecule has 1 aromatic carbocycles. The molecule has 26 heavy (non-hydrogen) atoms. The minimum Gasteiger partial charge on any atom is -0.338 e. The number of carbonyl (C=O) groups is 1. The highest BCUT2D eigenvalue weighted by Crippen LogP contribution is 2.23. The van der Waals surface area contributed by atoms with Crippen LogP contribution in [0.5, 0.6) is 0 Å². The van der Waals surface area contributed by atoms with E-state index in [1.54, 1.807) is 12.1 Å². The molecule has 1 amide bonds. The lowest BCUT2D eigenvalue weighted by Crippen LogP contribution is -2.45. The van der Waals surface area contributed by atoms with E-state index in [0.29, 0.717) is 11.5 Å². The second kappa shape index (κ2) is 8.09. The highest BCUT2D eigenvalue weighted by Gasteiger charge is 2.27. The first-order chi connectivity index (χ1) is 12.3. The van der Waals surface area contributed by atoms with Crippen molar-refractivity contribution in [1.82, 2.24) is 9.80 Å². The highest BCUT2D eigenvalue weighted by atomic mass is 32.2. The maximum Gasteiger partial charge on any atom is 0.253 e. The summed E-state index contributed by atoms with van der Waals surface area (Å²) in [4.78, 5) is 17.6. The Morgan fingerprint density at radius 1 is 1.08 bits per heavy atom. The predicted molar refractivity (Wildman–Crippen MR) is 103 cm³/mol. The molecule has 0 N–H and O–H groups in total. The topological polar surface area (TPSA) is 57.7 Å². The molecule has 5 nitrogen and oxygen atoms in total. The number of likely N-dealkylation sites (tertiary alicyclic amines) is 2. The van der Waals surface area contributed by atoms with E-state index in [9.17, 15) is 13.2 Å². The molecule has 2 heterocycles. The maximum absolute atomic E-state index is 12.8. The second-order valence-corrected chi connectivity index (χ2v) is 10.1. The summed E-state index contributed by atoms with van der Waals surface area (Å²) in [5, 5.41) is 0. The first-order valence-corrected chi connectivity index (χ1v) is 11.5. The van der Waals surface area contributed by atoms with Crippen LogP contribution >= 0.6 is 0 Å². The summed E-state index contributed by atoms with van der Waals surface area (Å²) in [6, 6.07) is 6.32. The molecule has 1 atom stereocenters. The largest absolute Gasteiger partial charge is 0.338 e. The van der Waals surface area contributed by atoms with Crippen molar-refractivity contribution in [2.45, 2.75) is 37.5 Å². The predicted octanol–water partition coefficient (Wildman–Crippen LogP) is 2.67. The number of nitrogens with zero attached hydrogens (tertiary/aromatic N) is 2. The third-order valence-corrected chi connectivity index (χ3v) is 6.86. The van der Waals surface area contributed by atoms with E-state index in [2.05, 4.69) is 11.8 Å². The molecule has 3 rings (SSSR count). The summed E-state index contributed by atoms with van der Waals surface area (Å²) in [6.07, 6.45) is 5.97. The fourth-order valence-electron chi connectivity index (χ4n) is 4.04. The van der Waals surface area contributed by atoms with Gasteiger partial charge >= 0.3 is 0 Å². The lowest BCUT2D eigenvalue weighted by Gasteiger charge is -2.38. The summed E-state index contributed by atoms with van der Waals surface area (Å²) in [6.45, 7) is 7.37. The molecular formula is C20H30N2O3S. The van der Waals surface area contributed by atoms with Crippen LogP contribution in [0.25, 0.3) is 0 Å². The van der Waals surface area contributed by atoms with E-state index >= 15 is 0 Å². The summed E-state index contributed by atoms with van der Waals surface area (Å²) >= 11 is 0. The van der Waals surface area contributed by atoms with Gasteiger partial charge in [0.15, 0.2) is 9.84 Å². The zero-order valence-corrected chi connectivity index (χ0v) is 16.7. The zero-order chi connectivity index (χ0) is 18.7. The van der Waals surface area contributed by atoms with E-state index in [0.717, 1.165) is 32.0 Å². The number of hydrogen-bond donors (Lipinski definition) is 0.